The lowest BCUT2D eigenvalue weighted by molar-refractivity contribution is 0.0944. The van der Waals surface area contributed by atoms with Crippen molar-refractivity contribution >= 4 is 5.91 Å². The van der Waals surface area contributed by atoms with E-state index in [0.29, 0.717) is 0 Å². The van der Waals surface area contributed by atoms with Crippen LogP contribution >= 0.6 is 0 Å². The van der Waals surface area contributed by atoms with Gasteiger partial charge in [-0.15, -0.1) is 0 Å². The van der Waals surface area contributed by atoms with E-state index in [4.69, 9.17) is 10.4 Å². The second-order valence-electron chi connectivity index (χ2n) is 3.80. The predicted octanol–water partition coefficient (Wildman–Crippen LogP) is -1.81. The number of rotatable bonds is 3. The summed E-state index contributed by atoms with van der Waals surface area (Å²) in [6.45, 7) is -0.000233. The highest BCUT2D eigenvalue weighted by atomic mass is 16.5. The Morgan fingerprint density at radius 3 is 2.84 bits per heavy atom. The van der Waals surface area contributed by atoms with Crippen LogP contribution in [0, 0.1) is 0 Å². The number of hydrogen-bond donors (Lipinski definition) is 2. The standard InChI is InChI=1S/C10H11N5O4/c1-14-2-3-15(10(18)9(14)17)5-6-4-7(13-19-6)8(16)12-11/h2-4H,5,11H2,1H3,(H,12,16). The first-order valence-electron chi connectivity index (χ1n) is 5.25. The van der Waals surface area contributed by atoms with Gasteiger partial charge in [-0.1, -0.05) is 5.16 Å². The van der Waals surface area contributed by atoms with Gasteiger partial charge in [-0.2, -0.15) is 0 Å². The van der Waals surface area contributed by atoms with Crippen LogP contribution in [-0.2, 0) is 13.6 Å². The van der Waals surface area contributed by atoms with Gasteiger partial charge in [0.2, 0.25) is 0 Å². The molecule has 9 heteroatoms. The fourth-order valence-electron chi connectivity index (χ4n) is 1.45. The van der Waals surface area contributed by atoms with E-state index < -0.39 is 17.0 Å². The molecule has 9 nitrogen and oxygen atoms in total. The molecule has 0 aliphatic heterocycles. The van der Waals surface area contributed by atoms with E-state index in [9.17, 15) is 14.4 Å². The molecule has 2 aromatic rings. The summed E-state index contributed by atoms with van der Waals surface area (Å²) in [6, 6.07) is 1.34. The Labute approximate surface area is 106 Å². The number of nitrogens with two attached hydrogens (primary N) is 1. The molecular weight excluding hydrogens is 254 g/mol. The highest BCUT2D eigenvalue weighted by molar-refractivity contribution is 5.91. The maximum atomic E-state index is 11.7. The van der Waals surface area contributed by atoms with Gasteiger partial charge in [-0.25, -0.2) is 5.84 Å². The average Bonchev–Trinajstić information content (AvgIpc) is 2.87. The fraction of sp³-hybridized carbons (Fsp3) is 0.200. The third kappa shape index (κ3) is 2.45. The van der Waals surface area contributed by atoms with Crippen molar-refractivity contribution in [1.29, 1.82) is 0 Å². The Balaban J connectivity index is 2.30. The highest BCUT2D eigenvalue weighted by Crippen LogP contribution is 2.04. The molecule has 0 aliphatic rings. The smallest absolute Gasteiger partial charge is 0.316 e. The fourth-order valence-corrected chi connectivity index (χ4v) is 1.45. The molecule has 2 rings (SSSR count). The van der Waals surface area contributed by atoms with E-state index in [1.807, 2.05) is 5.43 Å². The van der Waals surface area contributed by atoms with Crippen molar-refractivity contribution in [1.82, 2.24) is 19.7 Å². The number of aromatic nitrogens is 3. The third-order valence-electron chi connectivity index (χ3n) is 2.48. The molecule has 0 spiro atoms. The summed E-state index contributed by atoms with van der Waals surface area (Å²) in [6.07, 6.45) is 2.89. The lowest BCUT2D eigenvalue weighted by Gasteiger charge is -2.02. The second-order valence-corrected chi connectivity index (χ2v) is 3.80. The van der Waals surface area contributed by atoms with Crippen molar-refractivity contribution < 1.29 is 9.32 Å². The topological polar surface area (TPSA) is 125 Å². The average molecular weight is 265 g/mol. The van der Waals surface area contributed by atoms with Gasteiger partial charge in [-0.3, -0.25) is 19.8 Å². The van der Waals surface area contributed by atoms with Gasteiger partial charge in [0, 0.05) is 25.5 Å². The lowest BCUT2D eigenvalue weighted by atomic mass is 10.3. The van der Waals surface area contributed by atoms with Crippen molar-refractivity contribution in [2.75, 3.05) is 0 Å². The van der Waals surface area contributed by atoms with Crippen molar-refractivity contribution in [2.45, 2.75) is 6.54 Å². The Kier molecular flexibility index (Phi) is 3.29. The number of hydrazine groups is 1. The van der Waals surface area contributed by atoms with Gasteiger partial charge in [0.15, 0.2) is 11.5 Å². The number of carbonyl (C=O) groups is 1. The van der Waals surface area contributed by atoms with Crippen molar-refractivity contribution in [3.8, 4) is 0 Å². The molecule has 3 N–H and O–H groups in total. The molecule has 100 valence electrons. The molecule has 0 fully saturated rings. The molecule has 0 unspecified atom stereocenters. The molecule has 0 saturated heterocycles. The van der Waals surface area contributed by atoms with Crippen LogP contribution in [0.3, 0.4) is 0 Å². The second kappa shape index (κ2) is 4.90. The van der Waals surface area contributed by atoms with E-state index in [1.165, 1.54) is 30.1 Å². The van der Waals surface area contributed by atoms with Crippen LogP contribution in [-0.4, -0.2) is 20.2 Å². The van der Waals surface area contributed by atoms with Crippen LogP contribution in [0.5, 0.6) is 0 Å². The van der Waals surface area contributed by atoms with Gasteiger partial charge < -0.3 is 13.7 Å². The zero-order valence-corrected chi connectivity index (χ0v) is 9.99. The Bertz CT molecular complexity index is 726. The number of nitrogens with one attached hydrogen (secondary N) is 1. The van der Waals surface area contributed by atoms with Crippen LogP contribution in [0.4, 0.5) is 0 Å². The van der Waals surface area contributed by atoms with Crippen molar-refractivity contribution in [3.63, 3.8) is 0 Å². The minimum atomic E-state index is -0.689. The quantitative estimate of drug-likeness (QED) is 0.291. The zero-order valence-electron chi connectivity index (χ0n) is 9.99. The Morgan fingerprint density at radius 2 is 2.16 bits per heavy atom. The molecule has 19 heavy (non-hydrogen) atoms. The van der Waals surface area contributed by atoms with Crippen LogP contribution in [0.25, 0.3) is 0 Å². The minimum Gasteiger partial charge on any atom is -0.359 e. The van der Waals surface area contributed by atoms with E-state index in [0.717, 1.165) is 4.57 Å². The van der Waals surface area contributed by atoms with Crippen LogP contribution in [0.2, 0.25) is 0 Å². The summed E-state index contributed by atoms with van der Waals surface area (Å²) >= 11 is 0. The number of amides is 1. The predicted molar refractivity (Wildman–Crippen MR) is 63.2 cm³/mol. The first-order chi connectivity index (χ1) is 9.02. The maximum absolute atomic E-state index is 11.7. The number of nitrogens with zero attached hydrogens (tertiary/aromatic N) is 3. The van der Waals surface area contributed by atoms with Crippen LogP contribution < -0.4 is 22.4 Å². The SMILES string of the molecule is Cn1ccn(Cc2cc(C(=O)NN)no2)c(=O)c1=O. The largest absolute Gasteiger partial charge is 0.359 e. The lowest BCUT2D eigenvalue weighted by Crippen LogP contribution is -2.39. The van der Waals surface area contributed by atoms with Gasteiger partial charge in [0.05, 0.1) is 6.54 Å². The van der Waals surface area contributed by atoms with Gasteiger partial charge in [0.25, 0.3) is 5.91 Å². The monoisotopic (exact) mass is 265 g/mol. The van der Waals surface area contributed by atoms with Crippen LogP contribution in [0.15, 0.2) is 32.6 Å². The van der Waals surface area contributed by atoms with Crippen LogP contribution in [0.1, 0.15) is 16.2 Å². The summed E-state index contributed by atoms with van der Waals surface area (Å²) in [5, 5.41) is 3.49. The molecule has 1 amide bonds. The van der Waals surface area contributed by atoms with Crippen molar-refractivity contribution in [3.05, 3.63) is 50.6 Å². The summed E-state index contributed by atoms with van der Waals surface area (Å²) in [7, 11) is 1.48. The molecule has 2 aromatic heterocycles. The van der Waals surface area contributed by atoms with Crippen molar-refractivity contribution in [2.24, 2.45) is 12.9 Å². The highest BCUT2D eigenvalue weighted by Gasteiger charge is 2.12. The molecule has 0 radical (unpaired) electrons. The Morgan fingerprint density at radius 1 is 1.42 bits per heavy atom. The number of hydrogen-bond acceptors (Lipinski definition) is 6. The molecule has 0 bridgehead atoms. The summed E-state index contributed by atoms with van der Waals surface area (Å²) < 4.78 is 7.21. The van der Waals surface area contributed by atoms with E-state index in [1.54, 1.807) is 0 Å². The first kappa shape index (κ1) is 12.8. The zero-order chi connectivity index (χ0) is 14.0. The molecule has 0 saturated carbocycles. The molecule has 0 atom stereocenters. The molecular formula is C10H11N5O4. The van der Waals surface area contributed by atoms with E-state index in [-0.39, 0.29) is 18.0 Å². The van der Waals surface area contributed by atoms with Gasteiger partial charge in [-0.05, 0) is 0 Å². The number of nitrogen functional groups attached to an aromatic ring is 1. The summed E-state index contributed by atoms with van der Waals surface area (Å²) in [4.78, 5) is 34.3. The Hall–Kier alpha value is -2.68. The minimum absolute atomic E-state index is 0.000233. The van der Waals surface area contributed by atoms with E-state index in [2.05, 4.69) is 5.16 Å². The normalized spacial score (nSPS) is 10.4. The molecule has 0 aliphatic carbocycles. The third-order valence-corrected chi connectivity index (χ3v) is 2.48. The maximum Gasteiger partial charge on any atom is 0.316 e. The molecule has 2 heterocycles. The van der Waals surface area contributed by atoms with Gasteiger partial charge in [0.1, 0.15) is 0 Å². The van der Waals surface area contributed by atoms with E-state index >= 15 is 0 Å². The summed E-state index contributed by atoms with van der Waals surface area (Å²) in [5.74, 6) is 4.60. The summed E-state index contributed by atoms with van der Waals surface area (Å²) in [5.41, 5.74) is 0.558. The number of carbonyl (C=O) groups excluding carboxylic acids is 1. The first-order valence-corrected chi connectivity index (χ1v) is 5.25. The molecule has 0 aromatic carbocycles. The number of aryl methyl sites for hydroxylation is 1. The van der Waals surface area contributed by atoms with Gasteiger partial charge >= 0.3 is 11.1 Å².